The Morgan fingerprint density at radius 3 is 2.73 bits per heavy atom. The van der Waals surface area contributed by atoms with Gasteiger partial charge in [-0.25, -0.2) is 4.98 Å². The first kappa shape index (κ1) is 14.2. The minimum atomic E-state index is 0.753. The third-order valence-corrected chi connectivity index (χ3v) is 6.07. The van der Waals surface area contributed by atoms with E-state index in [1.807, 2.05) is 13.1 Å². The van der Waals surface area contributed by atoms with Crippen molar-refractivity contribution in [1.29, 1.82) is 0 Å². The average molecular weight is 333 g/mol. The minimum absolute atomic E-state index is 0.753. The van der Waals surface area contributed by atoms with Crippen molar-refractivity contribution >= 4 is 49.1 Å². The molecule has 1 saturated heterocycles. The molecule has 4 heterocycles. The predicted molar refractivity (Wildman–Crippen MR) is 93.3 cm³/mol. The summed E-state index contributed by atoms with van der Waals surface area (Å²) in [5, 5.41) is 11.7. The van der Waals surface area contributed by atoms with Crippen LogP contribution in [0.1, 0.15) is 30.5 Å². The summed E-state index contributed by atoms with van der Waals surface area (Å²) >= 11 is 8.10. The van der Waals surface area contributed by atoms with Gasteiger partial charge in [0.1, 0.15) is 4.83 Å². The summed E-state index contributed by atoms with van der Waals surface area (Å²) in [6.45, 7) is 6.15. The molecule has 0 unspecified atom stereocenters. The van der Waals surface area contributed by atoms with Gasteiger partial charge < -0.3 is 4.90 Å². The summed E-state index contributed by atoms with van der Waals surface area (Å²) < 4.78 is 1.18. The van der Waals surface area contributed by atoms with E-state index in [2.05, 4.69) is 27.0 Å². The van der Waals surface area contributed by atoms with Crippen LogP contribution >= 0.6 is 22.9 Å². The number of anilines is 1. The van der Waals surface area contributed by atoms with Crippen LogP contribution in [0.15, 0.2) is 6.20 Å². The van der Waals surface area contributed by atoms with Crippen molar-refractivity contribution in [2.45, 2.75) is 33.1 Å². The van der Waals surface area contributed by atoms with Crippen LogP contribution in [0.4, 0.5) is 5.82 Å². The first-order chi connectivity index (χ1) is 10.7. The molecule has 4 nitrogen and oxygen atoms in total. The lowest BCUT2D eigenvalue weighted by Gasteiger charge is -2.27. The number of rotatable bonds is 1. The third-order valence-electron chi connectivity index (χ3n) is 4.42. The molecule has 4 rings (SSSR count). The summed E-state index contributed by atoms with van der Waals surface area (Å²) in [6, 6.07) is 0. The Morgan fingerprint density at radius 2 is 1.95 bits per heavy atom. The van der Waals surface area contributed by atoms with E-state index in [0.717, 1.165) is 50.8 Å². The number of hydrogen-bond acceptors (Lipinski definition) is 5. The Kier molecular flexibility index (Phi) is 3.42. The molecule has 1 aliphatic heterocycles. The summed E-state index contributed by atoms with van der Waals surface area (Å²) in [6.07, 6.45) is 5.61. The molecule has 0 amide bonds. The highest BCUT2D eigenvalue weighted by Crippen LogP contribution is 2.41. The van der Waals surface area contributed by atoms with Gasteiger partial charge in [-0.1, -0.05) is 11.6 Å². The van der Waals surface area contributed by atoms with Gasteiger partial charge in [0.15, 0.2) is 5.82 Å². The summed E-state index contributed by atoms with van der Waals surface area (Å²) in [4.78, 5) is 8.06. The lowest BCUT2D eigenvalue weighted by molar-refractivity contribution is 0.573. The molecule has 1 aliphatic rings. The number of aryl methyl sites for hydroxylation is 2. The summed E-state index contributed by atoms with van der Waals surface area (Å²) in [5.74, 6) is 1.01. The molecule has 0 N–H and O–H groups in total. The van der Waals surface area contributed by atoms with Gasteiger partial charge in [-0.15, -0.1) is 16.4 Å². The minimum Gasteiger partial charge on any atom is -0.354 e. The Hall–Kier alpha value is -1.46. The van der Waals surface area contributed by atoms with Crippen molar-refractivity contribution in [3.8, 4) is 0 Å². The van der Waals surface area contributed by atoms with Gasteiger partial charge in [-0.05, 0) is 38.7 Å². The largest absolute Gasteiger partial charge is 0.354 e. The second-order valence-electron chi connectivity index (χ2n) is 5.88. The van der Waals surface area contributed by atoms with Gasteiger partial charge in [0.25, 0.3) is 0 Å². The lowest BCUT2D eigenvalue weighted by Crippen LogP contribution is -2.30. The molecular formula is C16H17ClN4S. The zero-order valence-electron chi connectivity index (χ0n) is 12.7. The number of fused-ring (bicyclic) bond motifs is 3. The fraction of sp³-hybridized carbons (Fsp3) is 0.438. The summed E-state index contributed by atoms with van der Waals surface area (Å²) in [5.41, 5.74) is 1.98. The highest BCUT2D eigenvalue weighted by atomic mass is 35.5. The van der Waals surface area contributed by atoms with Crippen molar-refractivity contribution in [2.75, 3.05) is 18.0 Å². The zero-order chi connectivity index (χ0) is 15.3. The molecular weight excluding hydrogens is 316 g/mol. The normalized spacial score (nSPS) is 15.9. The number of halogens is 1. The van der Waals surface area contributed by atoms with Crippen LogP contribution in [-0.2, 0) is 0 Å². The maximum absolute atomic E-state index is 6.40. The van der Waals surface area contributed by atoms with Crippen LogP contribution < -0.4 is 4.90 Å². The number of piperidine rings is 1. The Bertz CT molecular complexity index is 868. The predicted octanol–water partition coefficient (Wildman–Crippen LogP) is 4.50. The van der Waals surface area contributed by atoms with Crippen LogP contribution in [0.3, 0.4) is 0 Å². The van der Waals surface area contributed by atoms with E-state index in [4.69, 9.17) is 11.6 Å². The number of aromatic nitrogens is 3. The van der Waals surface area contributed by atoms with Gasteiger partial charge >= 0.3 is 0 Å². The molecule has 22 heavy (non-hydrogen) atoms. The second kappa shape index (κ2) is 5.32. The van der Waals surface area contributed by atoms with Crippen molar-refractivity contribution in [2.24, 2.45) is 0 Å². The van der Waals surface area contributed by atoms with Gasteiger partial charge in [0, 0.05) is 23.9 Å². The Labute approximate surface area is 138 Å². The maximum atomic E-state index is 6.40. The van der Waals surface area contributed by atoms with E-state index < -0.39 is 0 Å². The fourth-order valence-electron chi connectivity index (χ4n) is 3.24. The van der Waals surface area contributed by atoms with Gasteiger partial charge in [0.05, 0.1) is 21.6 Å². The molecule has 3 aromatic heterocycles. The molecule has 0 aliphatic carbocycles. The van der Waals surface area contributed by atoms with Crippen LogP contribution in [0.2, 0.25) is 5.02 Å². The number of hydrogen-bond donors (Lipinski definition) is 0. The van der Waals surface area contributed by atoms with Gasteiger partial charge in [0.2, 0.25) is 0 Å². The molecule has 114 valence electrons. The number of nitrogens with zero attached hydrogens (tertiary/aromatic N) is 4. The van der Waals surface area contributed by atoms with E-state index >= 15 is 0 Å². The van der Waals surface area contributed by atoms with Gasteiger partial charge in [-0.2, -0.15) is 5.10 Å². The number of pyridine rings is 1. The Morgan fingerprint density at radius 1 is 1.18 bits per heavy atom. The van der Waals surface area contributed by atoms with Crippen molar-refractivity contribution in [3.05, 3.63) is 22.5 Å². The Balaban J connectivity index is 2.01. The first-order valence-corrected chi connectivity index (χ1v) is 8.82. The maximum Gasteiger partial charge on any atom is 0.169 e. The molecule has 0 saturated carbocycles. The topological polar surface area (TPSA) is 41.9 Å². The molecule has 6 heteroatoms. The lowest BCUT2D eigenvalue weighted by atomic mass is 10.1. The molecule has 1 fully saturated rings. The average Bonchev–Trinajstić information content (AvgIpc) is 2.91. The highest BCUT2D eigenvalue weighted by Gasteiger charge is 2.20. The number of thiophene rings is 1. The molecule has 0 aromatic carbocycles. The zero-order valence-corrected chi connectivity index (χ0v) is 14.3. The third kappa shape index (κ3) is 2.07. The quantitative estimate of drug-likeness (QED) is 0.658. The SMILES string of the molecule is Cc1nc2sc3c(N4CCCCC4)nncc3c2c(C)c1Cl. The van der Waals surface area contributed by atoms with Crippen LogP contribution in [-0.4, -0.2) is 28.3 Å². The van der Waals surface area contributed by atoms with E-state index in [-0.39, 0.29) is 0 Å². The summed E-state index contributed by atoms with van der Waals surface area (Å²) in [7, 11) is 0. The molecule has 0 spiro atoms. The second-order valence-corrected chi connectivity index (χ2v) is 7.25. The van der Waals surface area contributed by atoms with Crippen LogP contribution in [0, 0.1) is 13.8 Å². The molecule has 0 bridgehead atoms. The van der Waals surface area contributed by atoms with Crippen LogP contribution in [0.5, 0.6) is 0 Å². The fourth-order valence-corrected chi connectivity index (χ4v) is 4.65. The van der Waals surface area contributed by atoms with Crippen molar-refractivity contribution < 1.29 is 0 Å². The van der Waals surface area contributed by atoms with Crippen molar-refractivity contribution in [1.82, 2.24) is 15.2 Å². The first-order valence-electron chi connectivity index (χ1n) is 7.62. The standard InChI is InChI=1S/C16H17ClN4S/c1-9-12-11-8-18-20-15(21-6-4-3-5-7-21)14(11)22-16(12)19-10(2)13(9)17/h8H,3-7H2,1-2H3. The van der Waals surface area contributed by atoms with E-state index in [9.17, 15) is 0 Å². The van der Waals surface area contributed by atoms with E-state index in [0.29, 0.717) is 0 Å². The van der Waals surface area contributed by atoms with Crippen molar-refractivity contribution in [3.63, 3.8) is 0 Å². The van der Waals surface area contributed by atoms with E-state index in [1.54, 1.807) is 11.3 Å². The molecule has 0 radical (unpaired) electrons. The van der Waals surface area contributed by atoms with E-state index in [1.165, 1.54) is 24.0 Å². The monoisotopic (exact) mass is 332 g/mol. The smallest absolute Gasteiger partial charge is 0.169 e. The highest BCUT2D eigenvalue weighted by molar-refractivity contribution is 7.26. The molecule has 0 atom stereocenters. The van der Waals surface area contributed by atoms with Gasteiger partial charge in [-0.3, -0.25) is 0 Å². The molecule has 3 aromatic rings. The van der Waals surface area contributed by atoms with Crippen LogP contribution in [0.25, 0.3) is 20.3 Å².